The molecule has 0 radical (unpaired) electrons. The summed E-state index contributed by atoms with van der Waals surface area (Å²) in [4.78, 5) is 22.2. The molecule has 1 rings (SSSR count). The van der Waals surface area contributed by atoms with Crippen LogP contribution in [0.5, 0.6) is 0 Å². The van der Waals surface area contributed by atoms with Gasteiger partial charge >= 0.3 is 18.2 Å². The van der Waals surface area contributed by atoms with E-state index in [1.54, 1.807) is 4.90 Å². The van der Waals surface area contributed by atoms with E-state index in [9.17, 15) is 18.0 Å². The van der Waals surface area contributed by atoms with Crippen molar-refractivity contribution in [3.05, 3.63) is 0 Å². The third-order valence-corrected chi connectivity index (χ3v) is 2.56. The van der Waals surface area contributed by atoms with E-state index in [2.05, 4.69) is 0 Å². The lowest BCUT2D eigenvalue weighted by molar-refractivity contribution is -0.192. The lowest BCUT2D eigenvalue weighted by atomic mass is 9.94. The second-order valence-electron chi connectivity index (χ2n) is 6.27. The highest BCUT2D eigenvalue weighted by molar-refractivity contribution is 5.73. The summed E-state index contributed by atoms with van der Waals surface area (Å²) in [6, 6.07) is 0.218. The molecule has 0 aromatic heterocycles. The van der Waals surface area contributed by atoms with Gasteiger partial charge in [0.25, 0.3) is 0 Å². The Morgan fingerprint density at radius 3 is 2.00 bits per heavy atom. The first-order valence-electron chi connectivity index (χ1n) is 6.76. The monoisotopic (exact) mass is 328 g/mol. The summed E-state index contributed by atoms with van der Waals surface area (Å²) in [5.41, 5.74) is 5.29. The molecular weight excluding hydrogens is 305 g/mol. The molecule has 1 fully saturated rings. The molecule has 3 N–H and O–H groups in total. The van der Waals surface area contributed by atoms with Crippen LogP contribution in [0.3, 0.4) is 0 Å². The maximum atomic E-state index is 11.5. The number of alkyl halides is 3. The fraction of sp³-hybridized carbons (Fsp3) is 0.846. The average Bonchev–Trinajstić information content (AvgIpc) is 2.19. The van der Waals surface area contributed by atoms with Gasteiger partial charge in [-0.2, -0.15) is 13.2 Å². The van der Waals surface area contributed by atoms with Gasteiger partial charge < -0.3 is 20.5 Å². The first-order valence-corrected chi connectivity index (χ1v) is 6.76. The summed E-state index contributed by atoms with van der Waals surface area (Å²) >= 11 is 0. The van der Waals surface area contributed by atoms with Gasteiger partial charge in [-0.3, -0.25) is 0 Å². The summed E-state index contributed by atoms with van der Waals surface area (Å²) in [6.45, 7) is 9.21. The molecule has 0 aromatic carbocycles. The standard InChI is InChI=1S/C11H22N2O2.C2HF3O2/c1-8(12)5-9-6-13(7-9)10(14)15-11(2,3)4;3-2(4,5)1(6)7/h8-9H,5-7,12H2,1-4H3;(H,6,7). The first kappa shape index (κ1) is 20.5. The lowest BCUT2D eigenvalue weighted by Crippen LogP contribution is -2.52. The lowest BCUT2D eigenvalue weighted by Gasteiger charge is -2.40. The van der Waals surface area contributed by atoms with Crippen LogP contribution in [0.2, 0.25) is 0 Å². The smallest absolute Gasteiger partial charge is 0.475 e. The van der Waals surface area contributed by atoms with E-state index in [4.69, 9.17) is 20.4 Å². The van der Waals surface area contributed by atoms with E-state index in [0.29, 0.717) is 5.92 Å². The van der Waals surface area contributed by atoms with Gasteiger partial charge in [-0.15, -0.1) is 0 Å². The minimum Gasteiger partial charge on any atom is -0.475 e. The Hall–Kier alpha value is -1.51. The summed E-state index contributed by atoms with van der Waals surface area (Å²) < 4.78 is 37.0. The van der Waals surface area contributed by atoms with Gasteiger partial charge in [0.05, 0.1) is 0 Å². The summed E-state index contributed by atoms with van der Waals surface area (Å²) in [5, 5.41) is 7.12. The minimum atomic E-state index is -5.08. The van der Waals surface area contributed by atoms with E-state index in [-0.39, 0.29) is 12.1 Å². The summed E-state index contributed by atoms with van der Waals surface area (Å²) in [7, 11) is 0. The number of nitrogens with zero attached hydrogens (tertiary/aromatic N) is 1. The van der Waals surface area contributed by atoms with Crippen molar-refractivity contribution >= 4 is 12.1 Å². The highest BCUT2D eigenvalue weighted by Gasteiger charge is 2.38. The molecule has 1 unspecified atom stereocenters. The Morgan fingerprint density at radius 2 is 1.73 bits per heavy atom. The third-order valence-electron chi connectivity index (χ3n) is 2.56. The Kier molecular flexibility index (Phi) is 7.14. The van der Waals surface area contributed by atoms with E-state index in [1.807, 2.05) is 27.7 Å². The van der Waals surface area contributed by atoms with Crippen molar-refractivity contribution < 1.29 is 32.6 Å². The van der Waals surface area contributed by atoms with Crippen LogP contribution < -0.4 is 5.73 Å². The SMILES string of the molecule is CC(N)CC1CN(C(=O)OC(C)(C)C)C1.O=C(O)C(F)(F)F. The van der Waals surface area contributed by atoms with Crippen molar-refractivity contribution in [1.29, 1.82) is 0 Å². The molecule has 0 aliphatic carbocycles. The average molecular weight is 328 g/mol. The van der Waals surface area contributed by atoms with Crippen molar-refractivity contribution in [1.82, 2.24) is 4.90 Å². The topological polar surface area (TPSA) is 92.9 Å². The molecule has 0 spiro atoms. The molecule has 22 heavy (non-hydrogen) atoms. The van der Waals surface area contributed by atoms with Crippen LogP contribution in [0.15, 0.2) is 0 Å². The van der Waals surface area contributed by atoms with Crippen molar-refractivity contribution in [2.75, 3.05) is 13.1 Å². The fourth-order valence-corrected chi connectivity index (χ4v) is 1.72. The van der Waals surface area contributed by atoms with Crippen LogP contribution in [0, 0.1) is 5.92 Å². The summed E-state index contributed by atoms with van der Waals surface area (Å²) in [6.07, 6.45) is -4.30. The number of carbonyl (C=O) groups is 2. The molecule has 1 atom stereocenters. The number of likely N-dealkylation sites (tertiary alicyclic amines) is 1. The Bertz CT molecular complexity index is 386. The second-order valence-corrected chi connectivity index (χ2v) is 6.27. The van der Waals surface area contributed by atoms with Crippen molar-refractivity contribution in [2.45, 2.75) is 51.9 Å². The molecule has 130 valence electrons. The van der Waals surface area contributed by atoms with E-state index in [1.165, 1.54) is 0 Å². The van der Waals surface area contributed by atoms with Crippen LogP contribution in [-0.4, -0.2) is 53.0 Å². The maximum Gasteiger partial charge on any atom is 0.490 e. The Balaban J connectivity index is 0.000000534. The molecular formula is C13H23F3N2O4. The largest absolute Gasteiger partial charge is 0.490 e. The minimum absolute atomic E-state index is 0.205. The molecule has 0 bridgehead atoms. The highest BCUT2D eigenvalue weighted by atomic mass is 19.4. The van der Waals surface area contributed by atoms with E-state index in [0.717, 1.165) is 19.5 Å². The Labute approximate surface area is 127 Å². The number of nitrogens with two attached hydrogens (primary N) is 1. The number of aliphatic carboxylic acids is 1. The number of hydrogen-bond acceptors (Lipinski definition) is 4. The number of hydrogen-bond donors (Lipinski definition) is 2. The molecule has 9 heteroatoms. The van der Waals surface area contributed by atoms with E-state index < -0.39 is 17.7 Å². The number of carboxylic acid groups (broad SMARTS) is 1. The van der Waals surface area contributed by atoms with Crippen LogP contribution in [0.4, 0.5) is 18.0 Å². The van der Waals surface area contributed by atoms with Crippen LogP contribution in [0.1, 0.15) is 34.1 Å². The van der Waals surface area contributed by atoms with Gasteiger partial charge in [0, 0.05) is 19.1 Å². The molecule has 6 nitrogen and oxygen atoms in total. The Morgan fingerprint density at radius 1 is 1.32 bits per heavy atom. The van der Waals surface area contributed by atoms with Crippen LogP contribution in [0.25, 0.3) is 0 Å². The number of halogens is 3. The van der Waals surface area contributed by atoms with Gasteiger partial charge in [0.1, 0.15) is 5.60 Å². The third kappa shape index (κ3) is 8.71. The number of amides is 1. The van der Waals surface area contributed by atoms with Gasteiger partial charge in [0.15, 0.2) is 0 Å². The highest BCUT2D eigenvalue weighted by Crippen LogP contribution is 2.22. The zero-order chi connectivity index (χ0) is 17.7. The first-order chi connectivity index (χ1) is 9.72. The number of carboxylic acids is 1. The zero-order valence-corrected chi connectivity index (χ0v) is 13.1. The maximum absolute atomic E-state index is 11.5. The van der Waals surface area contributed by atoms with Gasteiger partial charge in [0.2, 0.25) is 0 Å². The fourth-order valence-electron chi connectivity index (χ4n) is 1.72. The number of ether oxygens (including phenoxy) is 1. The van der Waals surface area contributed by atoms with Crippen molar-refractivity contribution in [2.24, 2.45) is 11.7 Å². The van der Waals surface area contributed by atoms with Crippen molar-refractivity contribution in [3.63, 3.8) is 0 Å². The van der Waals surface area contributed by atoms with E-state index >= 15 is 0 Å². The zero-order valence-electron chi connectivity index (χ0n) is 13.1. The van der Waals surface area contributed by atoms with Gasteiger partial charge in [-0.1, -0.05) is 0 Å². The second kappa shape index (κ2) is 7.66. The molecule has 1 aliphatic heterocycles. The van der Waals surface area contributed by atoms with Gasteiger partial charge in [-0.05, 0) is 40.0 Å². The molecule has 1 saturated heterocycles. The molecule has 1 heterocycles. The predicted molar refractivity (Wildman–Crippen MR) is 73.3 cm³/mol. The number of rotatable bonds is 2. The normalized spacial score (nSPS) is 17.0. The molecule has 0 aromatic rings. The number of carbonyl (C=O) groups excluding carboxylic acids is 1. The van der Waals surface area contributed by atoms with Crippen LogP contribution in [-0.2, 0) is 9.53 Å². The van der Waals surface area contributed by atoms with Gasteiger partial charge in [-0.25, -0.2) is 9.59 Å². The molecule has 0 saturated carbocycles. The van der Waals surface area contributed by atoms with Crippen molar-refractivity contribution in [3.8, 4) is 0 Å². The quantitative estimate of drug-likeness (QED) is 0.811. The predicted octanol–water partition coefficient (Wildman–Crippen LogP) is 2.22. The molecule has 1 amide bonds. The molecule has 1 aliphatic rings. The van der Waals surface area contributed by atoms with Crippen LogP contribution >= 0.6 is 0 Å². The summed E-state index contributed by atoms with van der Waals surface area (Å²) in [5.74, 6) is -2.20.